The van der Waals surface area contributed by atoms with Crippen LogP contribution in [0.25, 0.3) is 0 Å². The summed E-state index contributed by atoms with van der Waals surface area (Å²) in [6, 6.07) is 11.4. The lowest BCUT2D eigenvalue weighted by Crippen LogP contribution is -2.29. The number of carbonyl (C=O) groups excluding carboxylic acids is 3. The van der Waals surface area contributed by atoms with Gasteiger partial charge in [0, 0.05) is 31.1 Å². The number of rotatable bonds is 7. The van der Waals surface area contributed by atoms with Gasteiger partial charge in [-0.3, -0.25) is 14.4 Å². The monoisotopic (exact) mass is 384 g/mol. The SMILES string of the molecule is CC(=O)Oc1cccc(C(=O)NCCCNC(=O)c2ccc3c(c2)OCO3)c1. The van der Waals surface area contributed by atoms with Crippen molar-refractivity contribution >= 4 is 17.8 Å². The van der Waals surface area contributed by atoms with Crippen LogP contribution in [0.15, 0.2) is 42.5 Å². The van der Waals surface area contributed by atoms with Crippen LogP contribution in [0.3, 0.4) is 0 Å². The third-order valence-corrected chi connectivity index (χ3v) is 3.92. The summed E-state index contributed by atoms with van der Waals surface area (Å²) in [5.74, 6) is 0.537. The Kier molecular flexibility index (Phi) is 6.11. The predicted molar refractivity (Wildman–Crippen MR) is 99.6 cm³/mol. The van der Waals surface area contributed by atoms with Gasteiger partial charge in [-0.05, 0) is 42.8 Å². The number of benzene rings is 2. The van der Waals surface area contributed by atoms with Gasteiger partial charge in [0.05, 0.1) is 0 Å². The second-order valence-corrected chi connectivity index (χ2v) is 6.05. The van der Waals surface area contributed by atoms with Crippen LogP contribution in [-0.2, 0) is 4.79 Å². The smallest absolute Gasteiger partial charge is 0.308 e. The van der Waals surface area contributed by atoms with Crippen LogP contribution in [0.5, 0.6) is 17.2 Å². The van der Waals surface area contributed by atoms with Crippen LogP contribution in [0, 0.1) is 0 Å². The largest absolute Gasteiger partial charge is 0.454 e. The summed E-state index contributed by atoms with van der Waals surface area (Å²) in [6.45, 7) is 2.24. The molecule has 0 fully saturated rings. The number of ether oxygens (including phenoxy) is 3. The first-order valence-electron chi connectivity index (χ1n) is 8.77. The van der Waals surface area contributed by atoms with Gasteiger partial charge in [0.25, 0.3) is 11.8 Å². The summed E-state index contributed by atoms with van der Waals surface area (Å²) in [5, 5.41) is 5.55. The maximum absolute atomic E-state index is 12.2. The summed E-state index contributed by atoms with van der Waals surface area (Å²) in [6.07, 6.45) is 0.561. The molecule has 8 heteroatoms. The van der Waals surface area contributed by atoms with Crippen LogP contribution in [0.4, 0.5) is 0 Å². The first kappa shape index (κ1) is 19.2. The second kappa shape index (κ2) is 8.90. The topological polar surface area (TPSA) is 103 Å². The molecule has 0 atom stereocenters. The average Bonchev–Trinajstić information content (AvgIpc) is 3.15. The molecule has 1 aliphatic rings. The number of fused-ring (bicyclic) bond motifs is 1. The summed E-state index contributed by atoms with van der Waals surface area (Å²) >= 11 is 0. The summed E-state index contributed by atoms with van der Waals surface area (Å²) in [7, 11) is 0. The van der Waals surface area contributed by atoms with Crippen molar-refractivity contribution in [2.24, 2.45) is 0 Å². The molecule has 2 aromatic carbocycles. The lowest BCUT2D eigenvalue weighted by atomic mass is 10.2. The molecule has 0 spiro atoms. The Balaban J connectivity index is 1.40. The molecule has 0 aliphatic carbocycles. The van der Waals surface area contributed by atoms with Crippen LogP contribution in [0.1, 0.15) is 34.1 Å². The van der Waals surface area contributed by atoms with E-state index in [0.717, 1.165) is 0 Å². The van der Waals surface area contributed by atoms with Crippen molar-refractivity contribution in [3.63, 3.8) is 0 Å². The molecule has 0 bridgehead atoms. The Morgan fingerprint density at radius 1 is 0.929 bits per heavy atom. The first-order valence-corrected chi connectivity index (χ1v) is 8.77. The summed E-state index contributed by atoms with van der Waals surface area (Å²) in [4.78, 5) is 35.3. The van der Waals surface area contributed by atoms with E-state index in [9.17, 15) is 14.4 Å². The molecular weight excluding hydrogens is 364 g/mol. The van der Waals surface area contributed by atoms with Crippen molar-refractivity contribution in [1.29, 1.82) is 0 Å². The van der Waals surface area contributed by atoms with E-state index in [2.05, 4.69) is 10.6 Å². The van der Waals surface area contributed by atoms with Gasteiger partial charge in [-0.2, -0.15) is 0 Å². The molecular formula is C20H20N2O6. The maximum Gasteiger partial charge on any atom is 0.308 e. The van der Waals surface area contributed by atoms with Crippen molar-refractivity contribution in [3.05, 3.63) is 53.6 Å². The fourth-order valence-electron chi connectivity index (χ4n) is 2.60. The molecule has 0 unspecified atom stereocenters. The van der Waals surface area contributed by atoms with E-state index in [0.29, 0.717) is 47.9 Å². The lowest BCUT2D eigenvalue weighted by molar-refractivity contribution is -0.131. The molecule has 2 N–H and O–H groups in total. The van der Waals surface area contributed by atoms with Gasteiger partial charge < -0.3 is 24.8 Å². The highest BCUT2D eigenvalue weighted by Gasteiger charge is 2.16. The Labute approximate surface area is 161 Å². The Morgan fingerprint density at radius 2 is 1.61 bits per heavy atom. The molecule has 0 saturated carbocycles. The summed E-state index contributed by atoms with van der Waals surface area (Å²) < 4.78 is 15.4. The Hall–Kier alpha value is -3.55. The number of nitrogens with one attached hydrogen (secondary N) is 2. The van der Waals surface area contributed by atoms with Gasteiger partial charge in [0.1, 0.15) is 5.75 Å². The quantitative estimate of drug-likeness (QED) is 0.429. The fourth-order valence-corrected chi connectivity index (χ4v) is 2.60. The van der Waals surface area contributed by atoms with Crippen molar-refractivity contribution < 1.29 is 28.6 Å². The number of hydrogen-bond donors (Lipinski definition) is 2. The molecule has 0 radical (unpaired) electrons. The minimum Gasteiger partial charge on any atom is -0.454 e. The number of hydrogen-bond acceptors (Lipinski definition) is 6. The van der Waals surface area contributed by atoms with Gasteiger partial charge in [-0.1, -0.05) is 6.07 Å². The van der Waals surface area contributed by atoms with E-state index < -0.39 is 5.97 Å². The van der Waals surface area contributed by atoms with Crippen molar-refractivity contribution in [2.45, 2.75) is 13.3 Å². The molecule has 8 nitrogen and oxygen atoms in total. The third-order valence-electron chi connectivity index (χ3n) is 3.92. The zero-order valence-corrected chi connectivity index (χ0v) is 15.3. The standard InChI is InChI=1S/C20H20N2O6/c1-13(23)28-16-5-2-4-14(10-16)19(24)21-8-3-9-22-20(25)15-6-7-17-18(11-15)27-12-26-17/h2,4-7,10-11H,3,8-9,12H2,1H3,(H,21,24)(H,22,25). The average molecular weight is 384 g/mol. The zero-order chi connectivity index (χ0) is 19.9. The van der Waals surface area contributed by atoms with Crippen molar-refractivity contribution in [2.75, 3.05) is 19.9 Å². The van der Waals surface area contributed by atoms with Crippen LogP contribution in [0.2, 0.25) is 0 Å². The minimum absolute atomic E-state index is 0.157. The molecule has 1 aliphatic heterocycles. The maximum atomic E-state index is 12.2. The predicted octanol–water partition coefficient (Wildman–Crippen LogP) is 1.89. The number of esters is 1. The molecule has 0 aromatic heterocycles. The van der Waals surface area contributed by atoms with E-state index in [1.807, 2.05) is 0 Å². The summed E-state index contributed by atoms with van der Waals surface area (Å²) in [5.41, 5.74) is 0.874. The third kappa shape index (κ3) is 5.00. The molecule has 2 amide bonds. The van der Waals surface area contributed by atoms with E-state index >= 15 is 0 Å². The van der Waals surface area contributed by atoms with Crippen molar-refractivity contribution in [1.82, 2.24) is 10.6 Å². The number of amides is 2. The van der Waals surface area contributed by atoms with Gasteiger partial charge in [0.2, 0.25) is 6.79 Å². The molecule has 3 rings (SSSR count). The number of carbonyl (C=O) groups is 3. The van der Waals surface area contributed by atoms with Gasteiger partial charge in [-0.25, -0.2) is 0 Å². The van der Waals surface area contributed by atoms with E-state index in [1.54, 1.807) is 36.4 Å². The normalized spacial score (nSPS) is 11.6. The Morgan fingerprint density at radius 3 is 2.32 bits per heavy atom. The van der Waals surface area contributed by atoms with Gasteiger partial charge in [-0.15, -0.1) is 0 Å². The lowest BCUT2D eigenvalue weighted by Gasteiger charge is -2.08. The van der Waals surface area contributed by atoms with Crippen LogP contribution in [-0.4, -0.2) is 37.7 Å². The van der Waals surface area contributed by atoms with Crippen LogP contribution >= 0.6 is 0 Å². The molecule has 146 valence electrons. The molecule has 2 aromatic rings. The minimum atomic E-state index is -0.448. The van der Waals surface area contributed by atoms with Crippen molar-refractivity contribution in [3.8, 4) is 17.2 Å². The van der Waals surface area contributed by atoms with Gasteiger partial charge >= 0.3 is 5.97 Å². The molecule has 0 saturated heterocycles. The van der Waals surface area contributed by atoms with Crippen LogP contribution < -0.4 is 24.8 Å². The van der Waals surface area contributed by atoms with E-state index in [-0.39, 0.29) is 18.6 Å². The Bertz CT molecular complexity index is 896. The highest BCUT2D eigenvalue weighted by atomic mass is 16.7. The fraction of sp³-hybridized carbons (Fsp3) is 0.250. The van der Waals surface area contributed by atoms with E-state index in [4.69, 9.17) is 14.2 Å². The first-order chi connectivity index (χ1) is 13.5. The van der Waals surface area contributed by atoms with E-state index in [1.165, 1.54) is 13.0 Å². The van der Waals surface area contributed by atoms with Gasteiger partial charge in [0.15, 0.2) is 11.5 Å². The highest BCUT2D eigenvalue weighted by Crippen LogP contribution is 2.32. The molecule has 1 heterocycles. The highest BCUT2D eigenvalue weighted by molar-refractivity contribution is 5.95. The second-order valence-electron chi connectivity index (χ2n) is 6.05. The molecule has 28 heavy (non-hydrogen) atoms. The zero-order valence-electron chi connectivity index (χ0n) is 15.3.